The van der Waals surface area contributed by atoms with E-state index in [9.17, 15) is 4.39 Å². The second-order valence-electron chi connectivity index (χ2n) is 5.25. The molecule has 3 rings (SSSR count). The van der Waals surface area contributed by atoms with Gasteiger partial charge in [0.1, 0.15) is 11.6 Å². The maximum absolute atomic E-state index is 13.6. The molecule has 0 aliphatic rings. The van der Waals surface area contributed by atoms with Crippen LogP contribution in [0.2, 0.25) is 0 Å². The van der Waals surface area contributed by atoms with Gasteiger partial charge in [-0.3, -0.25) is 4.98 Å². The fourth-order valence-corrected chi connectivity index (χ4v) is 2.25. The van der Waals surface area contributed by atoms with E-state index >= 15 is 0 Å². The third kappa shape index (κ3) is 4.49. The fraction of sp³-hybridized carbons (Fsp3) is 0.167. The summed E-state index contributed by atoms with van der Waals surface area (Å²) in [6.07, 6.45) is 5.81. The summed E-state index contributed by atoms with van der Waals surface area (Å²) >= 11 is 0. The first-order valence-electron chi connectivity index (χ1n) is 7.74. The van der Waals surface area contributed by atoms with Crippen LogP contribution in [0.1, 0.15) is 11.1 Å². The van der Waals surface area contributed by atoms with E-state index < -0.39 is 0 Å². The molecule has 0 aliphatic carbocycles. The molecule has 6 heteroatoms. The molecule has 0 bridgehead atoms. The Morgan fingerprint density at radius 3 is 2.71 bits per heavy atom. The highest BCUT2D eigenvalue weighted by Crippen LogP contribution is 2.10. The summed E-state index contributed by atoms with van der Waals surface area (Å²) in [5, 5.41) is 6.35. The Morgan fingerprint density at radius 1 is 0.958 bits per heavy atom. The van der Waals surface area contributed by atoms with E-state index in [1.807, 2.05) is 18.2 Å². The van der Waals surface area contributed by atoms with Gasteiger partial charge >= 0.3 is 0 Å². The van der Waals surface area contributed by atoms with Crippen LogP contribution in [0, 0.1) is 5.82 Å². The minimum Gasteiger partial charge on any atom is -0.370 e. The van der Waals surface area contributed by atoms with Crippen molar-refractivity contribution < 1.29 is 4.39 Å². The number of hydrogen-bond acceptors (Lipinski definition) is 5. The van der Waals surface area contributed by atoms with E-state index in [0.717, 1.165) is 5.56 Å². The third-order valence-electron chi connectivity index (χ3n) is 3.49. The van der Waals surface area contributed by atoms with Crippen LogP contribution in [-0.2, 0) is 13.0 Å². The van der Waals surface area contributed by atoms with Crippen molar-refractivity contribution in [3.63, 3.8) is 0 Å². The van der Waals surface area contributed by atoms with Gasteiger partial charge in [-0.1, -0.05) is 24.3 Å². The Bertz CT molecular complexity index is 779. The number of nitrogens with zero attached hydrogens (tertiary/aromatic N) is 3. The molecule has 2 N–H and O–H groups in total. The van der Waals surface area contributed by atoms with Crippen LogP contribution in [-0.4, -0.2) is 21.5 Å². The van der Waals surface area contributed by atoms with Crippen LogP contribution in [0.15, 0.2) is 61.1 Å². The predicted molar refractivity (Wildman–Crippen MR) is 92.2 cm³/mol. The van der Waals surface area contributed by atoms with Gasteiger partial charge in [0.05, 0.1) is 0 Å². The van der Waals surface area contributed by atoms with Crippen LogP contribution in [0.3, 0.4) is 0 Å². The molecule has 0 saturated heterocycles. The Hall–Kier alpha value is -3.02. The lowest BCUT2D eigenvalue weighted by atomic mass is 10.1. The first-order chi connectivity index (χ1) is 11.8. The van der Waals surface area contributed by atoms with Crippen molar-refractivity contribution in [3.05, 3.63) is 78.0 Å². The molecular weight excluding hydrogens is 305 g/mol. The number of pyridine rings is 1. The van der Waals surface area contributed by atoms with Gasteiger partial charge in [-0.2, -0.15) is 4.98 Å². The van der Waals surface area contributed by atoms with E-state index in [-0.39, 0.29) is 5.82 Å². The van der Waals surface area contributed by atoms with Gasteiger partial charge in [0.25, 0.3) is 0 Å². The van der Waals surface area contributed by atoms with Crippen LogP contribution in [0.5, 0.6) is 0 Å². The lowest BCUT2D eigenvalue weighted by Gasteiger charge is -2.09. The zero-order valence-electron chi connectivity index (χ0n) is 13.1. The summed E-state index contributed by atoms with van der Waals surface area (Å²) < 4.78 is 13.6. The molecule has 0 aliphatic heterocycles. The molecule has 2 heterocycles. The molecule has 2 aromatic heterocycles. The number of halogens is 1. The van der Waals surface area contributed by atoms with Gasteiger partial charge in [-0.25, -0.2) is 9.37 Å². The van der Waals surface area contributed by atoms with Gasteiger partial charge in [-0.05, 0) is 35.7 Å². The number of rotatable bonds is 7. The SMILES string of the molecule is Fc1ccccc1CCNc1ccnc(NCc2cccnc2)n1. The molecule has 0 amide bonds. The predicted octanol–water partition coefficient (Wildman–Crippen LogP) is 3.28. The quantitative estimate of drug-likeness (QED) is 0.699. The zero-order valence-corrected chi connectivity index (χ0v) is 13.1. The monoisotopic (exact) mass is 323 g/mol. The third-order valence-corrected chi connectivity index (χ3v) is 3.49. The van der Waals surface area contributed by atoms with Crippen molar-refractivity contribution in [2.75, 3.05) is 17.2 Å². The largest absolute Gasteiger partial charge is 0.370 e. The number of aromatic nitrogens is 3. The Balaban J connectivity index is 1.52. The van der Waals surface area contributed by atoms with Gasteiger partial charge < -0.3 is 10.6 Å². The lowest BCUT2D eigenvalue weighted by molar-refractivity contribution is 0.610. The van der Waals surface area contributed by atoms with Crippen molar-refractivity contribution in [1.29, 1.82) is 0 Å². The molecule has 0 fully saturated rings. The number of anilines is 2. The van der Waals surface area contributed by atoms with Crippen LogP contribution in [0.4, 0.5) is 16.2 Å². The van der Waals surface area contributed by atoms with E-state index in [1.165, 1.54) is 6.07 Å². The summed E-state index contributed by atoms with van der Waals surface area (Å²) in [6, 6.07) is 12.4. The molecule has 0 radical (unpaired) electrons. The Labute approximate surface area is 140 Å². The molecule has 5 nitrogen and oxygen atoms in total. The second kappa shape index (κ2) is 8.01. The van der Waals surface area contributed by atoms with Crippen molar-refractivity contribution in [2.45, 2.75) is 13.0 Å². The zero-order chi connectivity index (χ0) is 16.6. The lowest BCUT2D eigenvalue weighted by Crippen LogP contribution is -2.09. The van der Waals surface area contributed by atoms with E-state index in [1.54, 1.807) is 36.8 Å². The van der Waals surface area contributed by atoms with E-state index in [2.05, 4.69) is 25.6 Å². The molecule has 1 aromatic carbocycles. The second-order valence-corrected chi connectivity index (χ2v) is 5.25. The highest BCUT2D eigenvalue weighted by Gasteiger charge is 2.02. The summed E-state index contributed by atoms with van der Waals surface area (Å²) in [5.74, 6) is 1.06. The molecule has 0 spiro atoms. The first kappa shape index (κ1) is 15.9. The maximum atomic E-state index is 13.6. The summed E-state index contributed by atoms with van der Waals surface area (Å²) in [5.41, 5.74) is 1.74. The summed E-state index contributed by atoms with van der Waals surface area (Å²) in [6.45, 7) is 1.20. The summed E-state index contributed by atoms with van der Waals surface area (Å²) in [4.78, 5) is 12.7. The topological polar surface area (TPSA) is 62.7 Å². The minimum absolute atomic E-state index is 0.180. The molecular formula is C18H18FN5. The number of benzene rings is 1. The maximum Gasteiger partial charge on any atom is 0.224 e. The Kier molecular flexibility index (Phi) is 5.29. The number of hydrogen-bond donors (Lipinski definition) is 2. The fourth-order valence-electron chi connectivity index (χ4n) is 2.25. The first-order valence-corrected chi connectivity index (χ1v) is 7.74. The van der Waals surface area contributed by atoms with E-state index in [0.29, 0.717) is 36.8 Å². The normalized spacial score (nSPS) is 10.4. The Morgan fingerprint density at radius 2 is 1.88 bits per heavy atom. The average Bonchev–Trinajstić information content (AvgIpc) is 2.63. The van der Waals surface area contributed by atoms with Crippen LogP contribution < -0.4 is 10.6 Å². The minimum atomic E-state index is -0.180. The van der Waals surface area contributed by atoms with Gasteiger partial charge in [0.2, 0.25) is 5.95 Å². The average molecular weight is 323 g/mol. The van der Waals surface area contributed by atoms with Crippen molar-refractivity contribution >= 4 is 11.8 Å². The van der Waals surface area contributed by atoms with Gasteiger partial charge in [-0.15, -0.1) is 0 Å². The molecule has 0 atom stereocenters. The molecule has 24 heavy (non-hydrogen) atoms. The highest BCUT2D eigenvalue weighted by atomic mass is 19.1. The van der Waals surface area contributed by atoms with Crippen LogP contribution in [0.25, 0.3) is 0 Å². The van der Waals surface area contributed by atoms with Crippen LogP contribution >= 0.6 is 0 Å². The molecule has 122 valence electrons. The smallest absolute Gasteiger partial charge is 0.224 e. The number of nitrogens with one attached hydrogen (secondary N) is 2. The highest BCUT2D eigenvalue weighted by molar-refractivity contribution is 5.40. The van der Waals surface area contributed by atoms with Gasteiger partial charge in [0, 0.05) is 31.7 Å². The van der Waals surface area contributed by atoms with E-state index in [4.69, 9.17) is 0 Å². The molecule has 0 unspecified atom stereocenters. The summed E-state index contributed by atoms with van der Waals surface area (Å²) in [7, 11) is 0. The molecule has 3 aromatic rings. The van der Waals surface area contributed by atoms with Crippen molar-refractivity contribution in [3.8, 4) is 0 Å². The van der Waals surface area contributed by atoms with Crippen molar-refractivity contribution in [1.82, 2.24) is 15.0 Å². The van der Waals surface area contributed by atoms with Gasteiger partial charge in [0.15, 0.2) is 0 Å². The standard InChI is InChI=1S/C18H18FN5/c19-16-6-2-1-5-15(16)7-10-21-17-8-11-22-18(24-17)23-13-14-4-3-9-20-12-14/h1-6,8-9,11-12H,7,10,13H2,(H2,21,22,23,24). The van der Waals surface area contributed by atoms with Crippen molar-refractivity contribution in [2.24, 2.45) is 0 Å². The molecule has 0 saturated carbocycles.